The summed E-state index contributed by atoms with van der Waals surface area (Å²) in [4.78, 5) is 4.21. The van der Waals surface area contributed by atoms with E-state index in [1.54, 1.807) is 13.3 Å². The van der Waals surface area contributed by atoms with Crippen molar-refractivity contribution in [1.29, 1.82) is 0 Å². The minimum atomic E-state index is -0.439. The summed E-state index contributed by atoms with van der Waals surface area (Å²) in [5, 5.41) is 10.1. The highest BCUT2D eigenvalue weighted by Gasteiger charge is 2.43. The van der Waals surface area contributed by atoms with Gasteiger partial charge < -0.3 is 9.84 Å². The van der Waals surface area contributed by atoms with E-state index in [9.17, 15) is 5.11 Å². The summed E-state index contributed by atoms with van der Waals surface area (Å²) >= 11 is 0. The molecule has 82 valence electrons. The van der Waals surface area contributed by atoms with Crippen molar-refractivity contribution in [2.24, 2.45) is 0 Å². The molecule has 1 heterocycles. The van der Waals surface area contributed by atoms with Gasteiger partial charge in [0.25, 0.3) is 0 Å². The number of ether oxygens (including phenoxy) is 1. The summed E-state index contributed by atoms with van der Waals surface area (Å²) in [5.74, 6) is 0. The van der Waals surface area contributed by atoms with Gasteiger partial charge in [0.05, 0.1) is 11.7 Å². The average Bonchev–Trinajstić information content (AvgIpc) is 2.18. The average molecular weight is 207 g/mol. The molecule has 3 heteroatoms. The fourth-order valence-corrected chi connectivity index (χ4v) is 2.10. The maximum Gasteiger partial charge on any atom is 0.0940 e. The standard InChI is InChI=1S/C12H17NO2/c1-15-12(6-4-7-12)11(14)9-10-5-2-3-8-13-10/h2-3,5,8,11,14H,4,6-7,9H2,1H3. The van der Waals surface area contributed by atoms with E-state index in [4.69, 9.17) is 4.74 Å². The van der Waals surface area contributed by atoms with Crippen LogP contribution in [-0.2, 0) is 11.2 Å². The second kappa shape index (κ2) is 4.29. The van der Waals surface area contributed by atoms with Gasteiger partial charge in [0.2, 0.25) is 0 Å². The zero-order valence-corrected chi connectivity index (χ0v) is 9.02. The molecule has 0 saturated heterocycles. The van der Waals surface area contributed by atoms with E-state index in [-0.39, 0.29) is 5.60 Å². The quantitative estimate of drug-likeness (QED) is 0.814. The Balaban J connectivity index is 2.00. The molecule has 0 radical (unpaired) electrons. The van der Waals surface area contributed by atoms with Gasteiger partial charge in [-0.1, -0.05) is 6.07 Å². The Labute approximate surface area is 90.1 Å². The van der Waals surface area contributed by atoms with Crippen molar-refractivity contribution in [2.75, 3.05) is 7.11 Å². The number of hydrogen-bond donors (Lipinski definition) is 1. The van der Waals surface area contributed by atoms with Crippen molar-refractivity contribution in [3.05, 3.63) is 30.1 Å². The monoisotopic (exact) mass is 207 g/mol. The van der Waals surface area contributed by atoms with Gasteiger partial charge in [-0.2, -0.15) is 0 Å². The highest BCUT2D eigenvalue weighted by Crippen LogP contribution is 2.38. The smallest absolute Gasteiger partial charge is 0.0940 e. The van der Waals surface area contributed by atoms with Crippen molar-refractivity contribution in [1.82, 2.24) is 4.98 Å². The van der Waals surface area contributed by atoms with Crippen LogP contribution in [0.2, 0.25) is 0 Å². The number of aliphatic hydroxyl groups excluding tert-OH is 1. The number of nitrogens with zero attached hydrogens (tertiary/aromatic N) is 1. The summed E-state index contributed by atoms with van der Waals surface area (Å²) in [6, 6.07) is 5.76. The van der Waals surface area contributed by atoms with E-state index >= 15 is 0 Å². The number of methoxy groups -OCH3 is 1. The Morgan fingerprint density at radius 2 is 2.33 bits per heavy atom. The van der Waals surface area contributed by atoms with E-state index in [1.807, 2.05) is 18.2 Å². The Morgan fingerprint density at radius 3 is 2.80 bits per heavy atom. The third kappa shape index (κ3) is 2.03. The minimum Gasteiger partial charge on any atom is -0.390 e. The van der Waals surface area contributed by atoms with Crippen LogP contribution in [0.1, 0.15) is 25.0 Å². The van der Waals surface area contributed by atoms with Gasteiger partial charge in [0.15, 0.2) is 0 Å². The zero-order chi connectivity index (χ0) is 10.7. The van der Waals surface area contributed by atoms with Gasteiger partial charge in [-0.25, -0.2) is 0 Å². The predicted octanol–water partition coefficient (Wildman–Crippen LogP) is 1.55. The van der Waals surface area contributed by atoms with E-state index in [1.165, 1.54) is 0 Å². The van der Waals surface area contributed by atoms with Crippen LogP contribution in [0, 0.1) is 0 Å². The van der Waals surface area contributed by atoms with Crippen molar-refractivity contribution < 1.29 is 9.84 Å². The molecule has 1 saturated carbocycles. The highest BCUT2D eigenvalue weighted by atomic mass is 16.5. The first-order valence-corrected chi connectivity index (χ1v) is 5.40. The third-order valence-corrected chi connectivity index (χ3v) is 3.34. The Bertz CT molecular complexity index is 303. The fourth-order valence-electron chi connectivity index (χ4n) is 2.10. The molecular formula is C12H17NO2. The van der Waals surface area contributed by atoms with Gasteiger partial charge in [0, 0.05) is 25.4 Å². The van der Waals surface area contributed by atoms with Crippen LogP contribution in [0.4, 0.5) is 0 Å². The molecule has 1 aliphatic rings. The van der Waals surface area contributed by atoms with Crippen LogP contribution in [0.25, 0.3) is 0 Å². The first-order valence-electron chi connectivity index (χ1n) is 5.40. The Morgan fingerprint density at radius 1 is 1.53 bits per heavy atom. The van der Waals surface area contributed by atoms with Crippen molar-refractivity contribution in [2.45, 2.75) is 37.4 Å². The molecule has 0 bridgehead atoms. The first kappa shape index (κ1) is 10.6. The number of hydrogen-bond acceptors (Lipinski definition) is 3. The predicted molar refractivity (Wildman–Crippen MR) is 57.5 cm³/mol. The lowest BCUT2D eigenvalue weighted by atomic mass is 9.74. The van der Waals surface area contributed by atoms with Gasteiger partial charge >= 0.3 is 0 Å². The maximum atomic E-state index is 10.1. The molecule has 0 amide bonds. The normalized spacial score (nSPS) is 20.7. The molecule has 0 spiro atoms. The second-order valence-electron chi connectivity index (χ2n) is 4.16. The van der Waals surface area contributed by atoms with Crippen molar-refractivity contribution in [3.8, 4) is 0 Å². The summed E-state index contributed by atoms with van der Waals surface area (Å²) in [7, 11) is 1.68. The van der Waals surface area contributed by atoms with E-state index < -0.39 is 6.10 Å². The molecule has 15 heavy (non-hydrogen) atoms. The van der Waals surface area contributed by atoms with Crippen LogP contribution in [-0.4, -0.2) is 28.9 Å². The van der Waals surface area contributed by atoms with Gasteiger partial charge in [-0.3, -0.25) is 4.98 Å². The molecule has 1 aromatic rings. The van der Waals surface area contributed by atoms with Crippen LogP contribution < -0.4 is 0 Å². The Kier molecular flexibility index (Phi) is 3.03. The molecule has 1 N–H and O–H groups in total. The van der Waals surface area contributed by atoms with Crippen LogP contribution >= 0.6 is 0 Å². The molecule has 0 aromatic carbocycles. The van der Waals surface area contributed by atoms with Gasteiger partial charge in [0.1, 0.15) is 0 Å². The molecule has 1 fully saturated rings. The van der Waals surface area contributed by atoms with Crippen molar-refractivity contribution >= 4 is 0 Å². The number of aromatic nitrogens is 1. The van der Waals surface area contributed by atoms with E-state index in [0.717, 1.165) is 25.0 Å². The lowest BCUT2D eigenvalue weighted by Gasteiger charge is -2.44. The van der Waals surface area contributed by atoms with Gasteiger partial charge in [-0.05, 0) is 31.4 Å². The van der Waals surface area contributed by atoms with Crippen LogP contribution in [0.3, 0.4) is 0 Å². The molecule has 1 unspecified atom stereocenters. The number of pyridine rings is 1. The highest BCUT2D eigenvalue weighted by molar-refractivity contribution is 5.08. The third-order valence-electron chi connectivity index (χ3n) is 3.34. The second-order valence-corrected chi connectivity index (χ2v) is 4.16. The molecule has 1 atom stereocenters. The molecule has 1 aliphatic carbocycles. The summed E-state index contributed by atoms with van der Waals surface area (Å²) in [6.45, 7) is 0. The summed E-state index contributed by atoms with van der Waals surface area (Å²) in [6.07, 6.45) is 4.95. The van der Waals surface area contributed by atoms with Crippen molar-refractivity contribution in [3.63, 3.8) is 0 Å². The molecule has 2 rings (SSSR count). The van der Waals surface area contributed by atoms with E-state index in [0.29, 0.717) is 6.42 Å². The molecule has 3 nitrogen and oxygen atoms in total. The number of rotatable bonds is 4. The summed E-state index contributed by atoms with van der Waals surface area (Å²) in [5.41, 5.74) is 0.616. The van der Waals surface area contributed by atoms with Crippen LogP contribution in [0.5, 0.6) is 0 Å². The molecule has 0 aliphatic heterocycles. The molecular weight excluding hydrogens is 190 g/mol. The maximum absolute atomic E-state index is 10.1. The minimum absolute atomic E-state index is 0.308. The summed E-state index contributed by atoms with van der Waals surface area (Å²) < 4.78 is 5.43. The first-order chi connectivity index (χ1) is 7.27. The lowest BCUT2D eigenvalue weighted by Crippen LogP contribution is -2.50. The SMILES string of the molecule is COC1(C(O)Cc2ccccn2)CCC1. The van der Waals surface area contributed by atoms with Crippen LogP contribution in [0.15, 0.2) is 24.4 Å². The van der Waals surface area contributed by atoms with Gasteiger partial charge in [-0.15, -0.1) is 0 Å². The number of aliphatic hydroxyl groups is 1. The van der Waals surface area contributed by atoms with E-state index in [2.05, 4.69) is 4.98 Å². The molecule has 1 aromatic heterocycles. The Hall–Kier alpha value is -0.930. The largest absolute Gasteiger partial charge is 0.390 e. The fraction of sp³-hybridized carbons (Fsp3) is 0.583. The lowest BCUT2D eigenvalue weighted by molar-refractivity contribution is -0.148. The zero-order valence-electron chi connectivity index (χ0n) is 9.02. The topological polar surface area (TPSA) is 42.4 Å².